The van der Waals surface area contributed by atoms with Crippen LogP contribution in [0.25, 0.3) is 0 Å². The third-order valence-electron chi connectivity index (χ3n) is 3.67. The fourth-order valence-electron chi connectivity index (χ4n) is 2.33. The summed E-state index contributed by atoms with van der Waals surface area (Å²) < 4.78 is 11.3. The highest BCUT2D eigenvalue weighted by atomic mass is 35.5. The van der Waals surface area contributed by atoms with Crippen LogP contribution in [0.1, 0.15) is 16.7 Å². The molecule has 0 saturated heterocycles. The number of methoxy groups -OCH3 is 1. The Labute approximate surface area is 151 Å². The molecule has 0 radical (unpaired) electrons. The molecule has 0 amide bonds. The zero-order chi connectivity index (χ0) is 17.6. The van der Waals surface area contributed by atoms with E-state index in [9.17, 15) is 0 Å². The molecule has 0 unspecified atom stereocenters. The lowest BCUT2D eigenvalue weighted by Gasteiger charge is -2.14. The number of nitrogens with zero attached hydrogens (tertiary/aromatic N) is 2. The third-order valence-corrected chi connectivity index (χ3v) is 3.95. The first kappa shape index (κ1) is 17.1. The first-order valence-corrected chi connectivity index (χ1v) is 8.17. The fourth-order valence-corrected chi connectivity index (χ4v) is 2.62. The molecule has 0 aliphatic heterocycles. The Kier molecular flexibility index (Phi) is 5.40. The Hall–Kier alpha value is -2.73. The molecule has 6 nitrogen and oxygen atoms in total. The molecule has 2 aromatic carbocycles. The topological polar surface area (TPSA) is 72.1 Å². The monoisotopic (exact) mass is 358 g/mol. The zero-order valence-electron chi connectivity index (χ0n) is 14.0. The lowest BCUT2D eigenvalue weighted by molar-refractivity contribution is 0.284. The maximum atomic E-state index is 6.40. The number of rotatable bonds is 7. The summed E-state index contributed by atoms with van der Waals surface area (Å²) >= 11 is 6.40. The Morgan fingerprint density at radius 3 is 2.64 bits per heavy atom. The molecule has 1 aromatic heterocycles. The average Bonchev–Trinajstić information content (AvgIpc) is 3.13. The summed E-state index contributed by atoms with van der Waals surface area (Å²) in [7, 11) is 1.60. The van der Waals surface area contributed by atoms with Gasteiger partial charge in [0, 0.05) is 6.54 Å². The Balaban J connectivity index is 1.71. The summed E-state index contributed by atoms with van der Waals surface area (Å²) in [5.41, 5.74) is 3.23. The number of anilines is 1. The van der Waals surface area contributed by atoms with Crippen LogP contribution in [0.3, 0.4) is 0 Å². The molecule has 1 heterocycles. The number of aryl methyl sites for hydroxylation is 1. The van der Waals surface area contributed by atoms with Crippen molar-refractivity contribution < 1.29 is 9.47 Å². The van der Waals surface area contributed by atoms with Crippen LogP contribution in [-0.2, 0) is 13.2 Å². The van der Waals surface area contributed by atoms with E-state index >= 15 is 0 Å². The van der Waals surface area contributed by atoms with E-state index in [1.54, 1.807) is 7.11 Å². The molecule has 25 heavy (non-hydrogen) atoms. The molecule has 3 rings (SSSR count). The quantitative estimate of drug-likeness (QED) is 0.668. The van der Waals surface area contributed by atoms with Gasteiger partial charge in [0.1, 0.15) is 12.9 Å². The van der Waals surface area contributed by atoms with E-state index in [0.29, 0.717) is 35.6 Å². The molecule has 0 spiro atoms. The van der Waals surface area contributed by atoms with Gasteiger partial charge in [-0.05, 0) is 30.2 Å². The van der Waals surface area contributed by atoms with Gasteiger partial charge in [-0.3, -0.25) is 0 Å². The first-order valence-electron chi connectivity index (χ1n) is 7.79. The molecule has 130 valence electrons. The summed E-state index contributed by atoms with van der Waals surface area (Å²) in [5.74, 6) is 1.72. The predicted molar refractivity (Wildman–Crippen MR) is 97.2 cm³/mol. The molecule has 0 aliphatic carbocycles. The number of hydrogen-bond donors (Lipinski definition) is 2. The number of aromatic nitrogens is 3. The largest absolute Gasteiger partial charge is 0.493 e. The van der Waals surface area contributed by atoms with Crippen molar-refractivity contribution in [3.05, 3.63) is 64.4 Å². The van der Waals surface area contributed by atoms with E-state index in [2.05, 4.69) is 39.6 Å². The number of ether oxygens (including phenoxy) is 2. The van der Waals surface area contributed by atoms with Crippen LogP contribution in [-0.4, -0.2) is 22.3 Å². The van der Waals surface area contributed by atoms with Gasteiger partial charge >= 0.3 is 0 Å². The van der Waals surface area contributed by atoms with Crippen LogP contribution >= 0.6 is 11.6 Å². The van der Waals surface area contributed by atoms with E-state index in [1.165, 1.54) is 11.9 Å². The minimum atomic E-state index is 0.423. The fraction of sp³-hybridized carbons (Fsp3) is 0.222. The van der Waals surface area contributed by atoms with Crippen molar-refractivity contribution in [2.45, 2.75) is 20.1 Å². The first-order chi connectivity index (χ1) is 12.2. The molecule has 0 fully saturated rings. The number of nitrogens with one attached hydrogen (secondary N) is 2. The molecule has 0 aliphatic rings. The molecule has 0 saturated carbocycles. The van der Waals surface area contributed by atoms with Gasteiger partial charge in [-0.2, -0.15) is 5.10 Å². The summed E-state index contributed by atoms with van der Waals surface area (Å²) in [6.07, 6.45) is 1.44. The smallest absolute Gasteiger partial charge is 0.218 e. The number of halogens is 1. The molecule has 0 bridgehead atoms. The normalized spacial score (nSPS) is 10.5. The number of aromatic amines is 1. The number of H-pyrrole nitrogens is 1. The van der Waals surface area contributed by atoms with Crippen LogP contribution in [0.4, 0.5) is 5.95 Å². The van der Waals surface area contributed by atoms with Gasteiger partial charge in [-0.1, -0.05) is 41.4 Å². The summed E-state index contributed by atoms with van der Waals surface area (Å²) in [6.45, 7) is 3.01. The summed E-state index contributed by atoms with van der Waals surface area (Å²) in [5, 5.41) is 10.2. The van der Waals surface area contributed by atoms with E-state index in [-0.39, 0.29) is 0 Å². The van der Waals surface area contributed by atoms with Gasteiger partial charge in [0.05, 0.1) is 12.1 Å². The Morgan fingerprint density at radius 1 is 1.16 bits per heavy atom. The second-order valence-electron chi connectivity index (χ2n) is 5.57. The van der Waals surface area contributed by atoms with Gasteiger partial charge in [-0.15, -0.1) is 0 Å². The molecular formula is C18H19ClN4O2. The average molecular weight is 359 g/mol. The van der Waals surface area contributed by atoms with Crippen LogP contribution in [0.15, 0.2) is 42.7 Å². The van der Waals surface area contributed by atoms with Crippen LogP contribution < -0.4 is 14.8 Å². The molecule has 7 heteroatoms. The van der Waals surface area contributed by atoms with E-state index < -0.39 is 0 Å². The van der Waals surface area contributed by atoms with Crippen molar-refractivity contribution in [1.82, 2.24) is 15.2 Å². The third kappa shape index (κ3) is 4.42. The van der Waals surface area contributed by atoms with Gasteiger partial charge < -0.3 is 14.8 Å². The van der Waals surface area contributed by atoms with Crippen molar-refractivity contribution in [2.75, 3.05) is 12.4 Å². The van der Waals surface area contributed by atoms with E-state index in [4.69, 9.17) is 21.1 Å². The maximum Gasteiger partial charge on any atom is 0.218 e. The van der Waals surface area contributed by atoms with Crippen molar-refractivity contribution in [3.63, 3.8) is 0 Å². The van der Waals surface area contributed by atoms with Gasteiger partial charge in [-0.25, -0.2) is 10.1 Å². The number of hydrogen-bond acceptors (Lipinski definition) is 5. The Morgan fingerprint density at radius 2 is 1.96 bits per heavy atom. The summed E-state index contributed by atoms with van der Waals surface area (Å²) in [6, 6.07) is 11.9. The molecule has 2 N–H and O–H groups in total. The molecule has 3 aromatic rings. The van der Waals surface area contributed by atoms with Crippen molar-refractivity contribution in [2.24, 2.45) is 0 Å². The highest BCUT2D eigenvalue weighted by Gasteiger charge is 2.12. The SMILES string of the molecule is COc1cc(CNc2ncn[nH]2)cc(Cl)c1OCc1ccc(C)cc1. The van der Waals surface area contributed by atoms with Crippen molar-refractivity contribution in [1.29, 1.82) is 0 Å². The van der Waals surface area contributed by atoms with Crippen LogP contribution in [0, 0.1) is 6.92 Å². The van der Waals surface area contributed by atoms with Gasteiger partial charge in [0.2, 0.25) is 5.95 Å². The predicted octanol–water partition coefficient (Wildman–Crippen LogP) is 3.97. The van der Waals surface area contributed by atoms with Gasteiger partial charge in [0.25, 0.3) is 0 Å². The summed E-state index contributed by atoms with van der Waals surface area (Å²) in [4.78, 5) is 4.02. The second kappa shape index (κ2) is 7.90. The number of benzene rings is 2. The van der Waals surface area contributed by atoms with Crippen molar-refractivity contribution >= 4 is 17.5 Å². The Bertz CT molecular complexity index is 820. The minimum Gasteiger partial charge on any atom is -0.493 e. The van der Waals surface area contributed by atoms with Gasteiger partial charge in [0.15, 0.2) is 11.5 Å². The van der Waals surface area contributed by atoms with E-state index in [1.807, 2.05) is 24.3 Å². The van der Waals surface area contributed by atoms with Crippen molar-refractivity contribution in [3.8, 4) is 11.5 Å². The van der Waals surface area contributed by atoms with Crippen LogP contribution in [0.5, 0.6) is 11.5 Å². The second-order valence-corrected chi connectivity index (χ2v) is 5.98. The molecular weight excluding hydrogens is 340 g/mol. The highest BCUT2D eigenvalue weighted by molar-refractivity contribution is 6.32. The minimum absolute atomic E-state index is 0.423. The lowest BCUT2D eigenvalue weighted by Crippen LogP contribution is -2.03. The standard InChI is InChI=1S/C18H19ClN4O2/c1-12-3-5-13(6-4-12)10-25-17-15(19)7-14(8-16(17)24-2)9-20-18-21-11-22-23-18/h3-8,11H,9-10H2,1-2H3,(H2,20,21,22,23). The zero-order valence-corrected chi connectivity index (χ0v) is 14.8. The highest BCUT2D eigenvalue weighted by Crippen LogP contribution is 2.37. The lowest BCUT2D eigenvalue weighted by atomic mass is 10.1. The van der Waals surface area contributed by atoms with E-state index in [0.717, 1.165) is 11.1 Å². The van der Waals surface area contributed by atoms with Crippen LogP contribution in [0.2, 0.25) is 5.02 Å². The maximum absolute atomic E-state index is 6.40. The molecule has 0 atom stereocenters.